The molecule has 7 heterocycles. The summed E-state index contributed by atoms with van der Waals surface area (Å²) in [4.78, 5) is 92.5. The van der Waals surface area contributed by atoms with E-state index in [-0.39, 0.29) is 57.6 Å². The highest BCUT2D eigenvalue weighted by Crippen LogP contribution is 2.37. The van der Waals surface area contributed by atoms with E-state index in [0.717, 1.165) is 59.2 Å². The van der Waals surface area contributed by atoms with Gasteiger partial charge in [0, 0.05) is 88.8 Å². The minimum Gasteiger partial charge on any atom is -0.478 e. The van der Waals surface area contributed by atoms with E-state index in [1.165, 1.54) is 103 Å². The molecule has 0 aliphatic carbocycles. The van der Waals surface area contributed by atoms with Gasteiger partial charge in [-0.15, -0.1) is 0 Å². The molecule has 648 valence electrons. The molecule has 10 aromatic carbocycles. The van der Waals surface area contributed by atoms with Crippen molar-refractivity contribution < 1.29 is 110 Å². The van der Waals surface area contributed by atoms with Crippen molar-refractivity contribution in [3.8, 4) is 131 Å². The second-order valence-corrected chi connectivity index (χ2v) is 27.6. The highest BCUT2D eigenvalue weighted by Gasteiger charge is 2.25. The molecular formula is C92H75F2N13O21. The molecule has 16 aromatic rings. The number of nitrogens with zero attached hydrogens (tertiary/aromatic N) is 13. The molecule has 0 unspecified atom stereocenters. The van der Waals surface area contributed by atoms with Gasteiger partial charge in [0.05, 0.1) is 33.4 Å². The van der Waals surface area contributed by atoms with Crippen molar-refractivity contribution in [2.45, 2.75) is 59.5 Å². The Hall–Kier alpha value is -17.3. The number of carbonyl (C=O) groups is 6. The van der Waals surface area contributed by atoms with Gasteiger partial charge in [-0.3, -0.25) is 0 Å². The van der Waals surface area contributed by atoms with Crippen LogP contribution in [0.25, 0.3) is 120 Å². The molecule has 1 aliphatic heterocycles. The van der Waals surface area contributed by atoms with Gasteiger partial charge in [0.15, 0.2) is 11.5 Å². The maximum atomic E-state index is 12.8. The molecule has 0 spiro atoms. The first-order valence-electron chi connectivity index (χ1n) is 38.8. The number of carboxylic acid groups (broad SMARTS) is 6. The van der Waals surface area contributed by atoms with Crippen LogP contribution in [0, 0.1) is 0 Å². The third-order valence-corrected chi connectivity index (χ3v) is 18.2. The van der Waals surface area contributed by atoms with Crippen LogP contribution in [0.1, 0.15) is 120 Å². The minimum atomic E-state index is -3.26. The van der Waals surface area contributed by atoms with Crippen LogP contribution in [0.15, 0.2) is 270 Å². The van der Waals surface area contributed by atoms with Crippen molar-refractivity contribution in [3.05, 3.63) is 293 Å². The number of hydrogen-bond acceptors (Lipinski definition) is 28. The molecule has 0 saturated carbocycles. The van der Waals surface area contributed by atoms with Crippen LogP contribution in [-0.4, -0.2) is 154 Å². The van der Waals surface area contributed by atoms with Gasteiger partial charge < -0.3 is 76.9 Å². The van der Waals surface area contributed by atoms with Gasteiger partial charge in [0.1, 0.15) is 5.75 Å². The van der Waals surface area contributed by atoms with Gasteiger partial charge >= 0.3 is 41.9 Å². The normalized spacial score (nSPS) is 11.1. The van der Waals surface area contributed by atoms with Crippen LogP contribution in [0.3, 0.4) is 0 Å². The summed E-state index contributed by atoms with van der Waals surface area (Å²) in [7, 11) is 3.95. The fourth-order valence-electron chi connectivity index (χ4n) is 11.5. The monoisotopic (exact) mass is 1740 g/mol. The predicted molar refractivity (Wildman–Crippen MR) is 456 cm³/mol. The van der Waals surface area contributed by atoms with E-state index in [1.807, 2.05) is 74.4 Å². The number of aromatic nitrogens is 12. The molecular weight excluding hydrogens is 1660 g/mol. The van der Waals surface area contributed by atoms with Crippen molar-refractivity contribution in [2.75, 3.05) is 25.8 Å². The van der Waals surface area contributed by atoms with Gasteiger partial charge in [-0.25, -0.2) is 28.8 Å². The average Bonchev–Trinajstić information content (AvgIpc) is 1.66. The Bertz CT molecular complexity index is 6510. The molecule has 0 fully saturated rings. The number of aryl methyl sites for hydroxylation is 2. The van der Waals surface area contributed by atoms with E-state index >= 15 is 0 Å². The molecule has 0 saturated heterocycles. The number of benzene rings is 10. The maximum Gasteiger partial charge on any atom is 0.394 e. The number of allylic oxidation sites excluding steroid dienone is 1. The van der Waals surface area contributed by atoms with Crippen LogP contribution in [0.2, 0.25) is 0 Å². The average molecular weight is 1740 g/mol. The van der Waals surface area contributed by atoms with Crippen molar-refractivity contribution in [1.29, 1.82) is 0 Å². The molecule has 17 rings (SSSR count). The molecule has 34 nitrogen and oxygen atoms in total. The quantitative estimate of drug-likeness (QED) is 0.0327. The van der Waals surface area contributed by atoms with E-state index < -0.39 is 41.9 Å². The zero-order valence-electron chi connectivity index (χ0n) is 68.6. The summed E-state index contributed by atoms with van der Waals surface area (Å²) in [6.07, 6.45) is 4.03. The standard InChI is InChI=1S/C17H12F2N2O4.C17H15N3O3.C17H14N2O3.C16H10N2O5.C13H14N2O3.C12H10N2O3/c1-17(18,19)24-13-8-6-11(7-9-13)15-20-14(21-25-15)10-2-4-12(5-3-10)16(22)23;1-20(2)14-9-7-12(8-10-14)16-18-15(19-23-16)11-3-5-13(6-4-11)17(21)22;1-2-11-4-3-5-14(10-11)16-18-15(19-22-16)12-6-8-13(9-7-12)17(20)21;19-16(20)10-3-1-9(2-4-10)14-17-15(23-18-14)11-5-6-12-13(7-11)22-8-21-12;1-2-3-4-11-14-12(15-18-11)9-5-7-10(8-6-9)13(16)17;1-2-3-10-13-11(14-17-10)8-4-6-9(7-5-8)12(15)16/h2-9H,1H3,(H,22,23);3-10H,1-2H3,(H,21,22);3-10H,2H2,1H3,(H,20,21);1-7H,8H2,(H,19,20);5-8H,2-4H2,1H3,(H,16,17);2-7H,1H3,(H,15,16)/b;;;;;3-2+. The van der Waals surface area contributed by atoms with Crippen LogP contribution >= 0.6 is 0 Å². The molecule has 0 amide bonds. The van der Waals surface area contributed by atoms with Gasteiger partial charge in [-0.2, -0.15) is 38.7 Å². The first kappa shape index (κ1) is 89.9. The largest absolute Gasteiger partial charge is 0.478 e. The third kappa shape index (κ3) is 24.3. The number of rotatable bonds is 24. The third-order valence-electron chi connectivity index (χ3n) is 18.2. The van der Waals surface area contributed by atoms with E-state index in [0.29, 0.717) is 105 Å². The number of ether oxygens (including phenoxy) is 3. The van der Waals surface area contributed by atoms with Gasteiger partial charge in [-0.1, -0.05) is 142 Å². The highest BCUT2D eigenvalue weighted by molar-refractivity contribution is 5.91. The lowest BCUT2D eigenvalue weighted by atomic mass is 10.1. The molecule has 0 bridgehead atoms. The summed E-state index contributed by atoms with van der Waals surface area (Å²) in [6, 6.07) is 64.6. The van der Waals surface area contributed by atoms with Crippen LogP contribution < -0.4 is 19.1 Å². The molecule has 1 aliphatic rings. The van der Waals surface area contributed by atoms with E-state index in [9.17, 15) is 37.5 Å². The second kappa shape index (κ2) is 42.0. The van der Waals surface area contributed by atoms with Crippen molar-refractivity contribution >= 4 is 47.6 Å². The van der Waals surface area contributed by atoms with E-state index in [4.69, 9.17) is 67.3 Å². The zero-order chi connectivity index (χ0) is 91.0. The molecule has 0 radical (unpaired) electrons. The fourth-order valence-corrected chi connectivity index (χ4v) is 11.5. The number of carboxylic acids is 6. The lowest BCUT2D eigenvalue weighted by molar-refractivity contribution is -0.159. The number of aromatic carboxylic acids is 6. The Balaban J connectivity index is 0.000000140. The number of fused-ring (bicyclic) bond motifs is 1. The topological polar surface area (TPSA) is 488 Å². The molecule has 36 heteroatoms. The highest BCUT2D eigenvalue weighted by atomic mass is 19.3. The van der Waals surface area contributed by atoms with Crippen LogP contribution in [-0.2, 0) is 12.8 Å². The summed E-state index contributed by atoms with van der Waals surface area (Å²) in [5.74, 6) is 0.419. The minimum absolute atomic E-state index is 0.0141. The molecule has 0 atom stereocenters. The lowest BCUT2D eigenvalue weighted by Crippen LogP contribution is -2.18. The summed E-state index contributed by atoms with van der Waals surface area (Å²) in [5.41, 5.74) is 10.7. The smallest absolute Gasteiger partial charge is 0.394 e. The predicted octanol–water partition coefficient (Wildman–Crippen LogP) is 19.0. The van der Waals surface area contributed by atoms with Crippen LogP contribution in [0.5, 0.6) is 17.2 Å². The molecule has 128 heavy (non-hydrogen) atoms. The zero-order valence-corrected chi connectivity index (χ0v) is 68.6. The van der Waals surface area contributed by atoms with E-state index in [1.54, 1.807) is 103 Å². The Morgan fingerprint density at radius 1 is 0.391 bits per heavy atom. The SMILES string of the molecule is C/C=C/c1nc(-c2ccc(C(=O)O)cc2)no1.CC(F)(F)Oc1ccc(-c2nc(-c3ccc(C(=O)O)cc3)no2)cc1.CCCCc1nc(-c2ccc(C(=O)O)cc2)no1.CCc1cccc(-c2nc(-c3ccc(C(=O)O)cc3)no2)c1.CN(C)c1ccc(-c2nc(-c3ccc(C(=O)O)cc3)no2)cc1.O=C(O)c1ccc(-c2noc(-c3ccc4c(c3)OCO4)n2)cc1. The number of alkyl halides is 2. The van der Waals surface area contributed by atoms with E-state index in [2.05, 4.69) is 79.4 Å². The Labute approximate surface area is 724 Å². The number of hydrogen-bond donors (Lipinski definition) is 6. The van der Waals surface area contributed by atoms with Crippen molar-refractivity contribution in [1.82, 2.24) is 60.8 Å². The van der Waals surface area contributed by atoms with Gasteiger partial charge in [0.2, 0.25) is 47.6 Å². The summed E-state index contributed by atoms with van der Waals surface area (Å²) in [5, 5.41) is 76.5. The Kier molecular flexibility index (Phi) is 29.5. The summed E-state index contributed by atoms with van der Waals surface area (Å²) in [6.45, 7) is 6.89. The lowest BCUT2D eigenvalue weighted by Gasteiger charge is -2.12. The second-order valence-electron chi connectivity index (χ2n) is 27.6. The van der Waals surface area contributed by atoms with Crippen molar-refractivity contribution in [3.63, 3.8) is 0 Å². The fraction of sp³-hybridized carbons (Fsp3) is 0.130. The Morgan fingerprint density at radius 2 is 0.719 bits per heavy atom. The summed E-state index contributed by atoms with van der Waals surface area (Å²) >= 11 is 0. The number of anilines is 1. The first-order valence-corrected chi connectivity index (χ1v) is 38.8. The first-order chi connectivity index (χ1) is 61.6. The summed E-state index contributed by atoms with van der Waals surface area (Å²) < 4.78 is 71.7. The van der Waals surface area contributed by atoms with Crippen molar-refractivity contribution in [2.24, 2.45) is 0 Å². The maximum absolute atomic E-state index is 12.8. The van der Waals surface area contributed by atoms with Crippen LogP contribution in [0.4, 0.5) is 14.5 Å². The molecule has 6 aromatic heterocycles. The van der Waals surface area contributed by atoms with Gasteiger partial charge in [-0.05, 0) is 183 Å². The number of unbranched alkanes of at least 4 members (excludes halogenated alkanes) is 1. The Morgan fingerprint density at radius 3 is 1.08 bits per heavy atom. The number of halogens is 2. The molecule has 6 N–H and O–H groups in total. The van der Waals surface area contributed by atoms with Gasteiger partial charge in [0.25, 0.3) is 29.5 Å².